The summed E-state index contributed by atoms with van der Waals surface area (Å²) in [5.41, 5.74) is 12.3. The fourth-order valence-corrected chi connectivity index (χ4v) is 9.23. The Morgan fingerprint density at radius 2 is 1.41 bits per heavy atom. The number of benzene rings is 5. The van der Waals surface area contributed by atoms with Gasteiger partial charge in [-0.1, -0.05) is 158 Å². The Kier molecular flexibility index (Phi) is 11.5. The summed E-state index contributed by atoms with van der Waals surface area (Å²) in [5.74, 6) is 3.26. The molecule has 2 aliphatic heterocycles. The van der Waals surface area contributed by atoms with Crippen LogP contribution in [-0.2, 0) is 37.3 Å². The van der Waals surface area contributed by atoms with Crippen LogP contribution in [0.3, 0.4) is 0 Å². The van der Waals surface area contributed by atoms with E-state index >= 15 is 0 Å². The first kappa shape index (κ1) is 41.7. The van der Waals surface area contributed by atoms with Gasteiger partial charge in [-0.15, -0.1) is 34.4 Å². The van der Waals surface area contributed by atoms with Gasteiger partial charge in [0.2, 0.25) is 0 Å². The van der Waals surface area contributed by atoms with Crippen LogP contribution in [0.4, 0.5) is 17.2 Å². The average molecular weight is 963 g/mol. The number of hydrogen-bond donors (Lipinski definition) is 0. The Hall–Kier alpha value is -4.44. The molecule has 0 radical (unpaired) electrons. The van der Waals surface area contributed by atoms with Crippen molar-refractivity contribution in [3.63, 3.8) is 0 Å². The molecule has 3 heterocycles. The summed E-state index contributed by atoms with van der Waals surface area (Å²) in [6.07, 6.45) is 1.93. The molecule has 1 aromatic heterocycles. The van der Waals surface area contributed by atoms with E-state index in [4.69, 9.17) is 14.7 Å². The Balaban J connectivity index is 0.00000512. The Morgan fingerprint density at radius 1 is 0.759 bits per heavy atom. The number of ether oxygens (including phenoxy) is 1. The molecule has 6 heteroatoms. The number of hydrogen-bond acceptors (Lipinski definition) is 5. The zero-order valence-corrected chi connectivity index (χ0v) is 38.4. The molecule has 0 spiro atoms. The molecule has 0 N–H and O–H groups in total. The van der Waals surface area contributed by atoms with E-state index in [-0.39, 0.29) is 49.3 Å². The number of fused-ring (bicyclic) bond motifs is 2. The molecule has 1 atom stereocenters. The molecule has 0 bridgehead atoms. The van der Waals surface area contributed by atoms with Crippen molar-refractivity contribution in [2.24, 2.45) is 4.99 Å². The van der Waals surface area contributed by atoms with Crippen LogP contribution in [0.25, 0.3) is 0 Å². The molecule has 5 aromatic carbocycles. The first-order valence-corrected chi connectivity index (χ1v) is 21.1. The van der Waals surface area contributed by atoms with Crippen molar-refractivity contribution in [2.45, 2.75) is 97.4 Å². The van der Waals surface area contributed by atoms with Gasteiger partial charge in [-0.2, -0.15) is 17.8 Å². The zero-order valence-electron chi connectivity index (χ0n) is 35.3. The molecular formula is C52H53N3OPtS. The monoisotopic (exact) mass is 962 g/mol. The van der Waals surface area contributed by atoms with Crippen LogP contribution in [0, 0.1) is 26.0 Å². The van der Waals surface area contributed by atoms with Crippen LogP contribution in [0.1, 0.15) is 111 Å². The smallest absolute Gasteiger partial charge is 0.503 e. The van der Waals surface area contributed by atoms with Crippen molar-refractivity contribution in [1.29, 1.82) is 0 Å². The largest absolute Gasteiger partial charge is 2.00 e. The summed E-state index contributed by atoms with van der Waals surface area (Å²) in [4.78, 5) is 12.7. The standard InChI is InChI=1S/C52H53N3OS.Pt/c1-33-21-22-44-41(25-33)52(9,10)42-26-34(2)46(31-45(42)55(44)47-30-38(23-24-53-47)50(3,4)5)56-40-28-37(27-39(29-40)51(6,7)8)49-54-43(32-57-49)48(35-17-13-11-14-18-35)36-19-15-12-16-20-36;/h11-27,29-30,43,48H,32H2,1-10H3;/q-2;+2/t43-;/m0./s1. The van der Waals surface area contributed by atoms with E-state index in [1.54, 1.807) is 0 Å². The quantitative estimate of drug-likeness (QED) is 0.149. The number of aliphatic imine (C=N–C) groups is 1. The summed E-state index contributed by atoms with van der Waals surface area (Å²) in [6, 6.07) is 46.9. The molecule has 0 saturated carbocycles. The topological polar surface area (TPSA) is 37.7 Å². The summed E-state index contributed by atoms with van der Waals surface area (Å²) in [6.45, 7) is 22.4. The second kappa shape index (κ2) is 16.0. The zero-order chi connectivity index (χ0) is 40.3. The predicted octanol–water partition coefficient (Wildman–Crippen LogP) is 13.5. The maximum Gasteiger partial charge on any atom is 2.00 e. The summed E-state index contributed by atoms with van der Waals surface area (Å²) >= 11 is 1.81. The molecule has 58 heavy (non-hydrogen) atoms. The maximum absolute atomic E-state index is 6.94. The van der Waals surface area contributed by atoms with Crippen LogP contribution in [-0.4, -0.2) is 21.8 Å². The van der Waals surface area contributed by atoms with E-state index in [1.165, 1.54) is 38.9 Å². The van der Waals surface area contributed by atoms with Crippen molar-refractivity contribution in [1.82, 2.24) is 4.98 Å². The summed E-state index contributed by atoms with van der Waals surface area (Å²) in [5, 5.41) is 1.00. The van der Waals surface area contributed by atoms with E-state index in [1.807, 2.05) is 18.0 Å². The fourth-order valence-electron chi connectivity index (χ4n) is 8.16. The number of rotatable bonds is 7. The molecule has 0 amide bonds. The van der Waals surface area contributed by atoms with E-state index in [0.717, 1.165) is 39.1 Å². The van der Waals surface area contributed by atoms with Gasteiger partial charge in [0.15, 0.2) is 0 Å². The Labute approximate surface area is 364 Å². The van der Waals surface area contributed by atoms with Gasteiger partial charge in [0.05, 0.1) is 6.04 Å². The third-order valence-electron chi connectivity index (χ3n) is 11.5. The SMILES string of the molecule is Cc1ccc2c(c1)C(C)(C)c1cc(C)c(Oc3[c-]c(C4=N[C@H](C(c5ccccc5)c5ccccc5)CS4)cc(C(C)(C)C)c3)[c-]c1N2c1cc(C(C)(C)C)ccn1.[Pt+2]. The summed E-state index contributed by atoms with van der Waals surface area (Å²) < 4.78 is 6.94. The van der Waals surface area contributed by atoms with Crippen molar-refractivity contribution >= 4 is 34.0 Å². The van der Waals surface area contributed by atoms with Gasteiger partial charge in [-0.05, 0) is 63.6 Å². The van der Waals surface area contributed by atoms with Gasteiger partial charge in [-0.25, -0.2) is 4.98 Å². The van der Waals surface area contributed by atoms with Crippen LogP contribution >= 0.6 is 11.8 Å². The fraction of sp³-hybridized carbons (Fsp3) is 0.308. The third-order valence-corrected chi connectivity index (χ3v) is 12.6. The van der Waals surface area contributed by atoms with Gasteiger partial charge >= 0.3 is 21.1 Å². The minimum absolute atomic E-state index is 0. The molecule has 4 nitrogen and oxygen atoms in total. The number of anilines is 3. The Morgan fingerprint density at radius 3 is 2.05 bits per heavy atom. The van der Waals surface area contributed by atoms with E-state index in [2.05, 4.69) is 195 Å². The number of aromatic nitrogens is 1. The molecule has 0 fully saturated rings. The molecule has 298 valence electrons. The van der Waals surface area contributed by atoms with Crippen molar-refractivity contribution in [2.75, 3.05) is 10.7 Å². The van der Waals surface area contributed by atoms with Crippen molar-refractivity contribution in [3.05, 3.63) is 178 Å². The van der Waals surface area contributed by atoms with Crippen molar-refractivity contribution < 1.29 is 25.8 Å². The molecule has 0 unspecified atom stereocenters. The van der Waals surface area contributed by atoms with E-state index in [0.29, 0.717) is 11.5 Å². The van der Waals surface area contributed by atoms with Gasteiger partial charge in [0.1, 0.15) is 5.82 Å². The first-order valence-electron chi connectivity index (χ1n) is 20.1. The summed E-state index contributed by atoms with van der Waals surface area (Å²) in [7, 11) is 0. The van der Waals surface area contributed by atoms with Gasteiger partial charge in [-0.3, -0.25) is 0 Å². The van der Waals surface area contributed by atoms with Crippen LogP contribution in [0.15, 0.2) is 120 Å². The van der Waals surface area contributed by atoms with Crippen LogP contribution in [0.2, 0.25) is 0 Å². The van der Waals surface area contributed by atoms with Gasteiger partial charge in [0.25, 0.3) is 0 Å². The van der Waals surface area contributed by atoms with Crippen molar-refractivity contribution in [3.8, 4) is 11.5 Å². The number of aryl methyl sites for hydroxylation is 2. The first-order chi connectivity index (χ1) is 27.1. The van der Waals surface area contributed by atoms with Crippen LogP contribution in [0.5, 0.6) is 11.5 Å². The molecule has 2 aliphatic rings. The second-order valence-corrected chi connectivity index (χ2v) is 19.3. The minimum atomic E-state index is -0.272. The predicted molar refractivity (Wildman–Crippen MR) is 240 cm³/mol. The Bertz CT molecular complexity index is 2440. The molecule has 0 aliphatic carbocycles. The average Bonchev–Trinajstić information content (AvgIpc) is 3.66. The third kappa shape index (κ3) is 8.10. The molecule has 0 saturated heterocycles. The molecular weight excluding hydrogens is 910 g/mol. The second-order valence-electron chi connectivity index (χ2n) is 18.3. The number of nitrogens with zero attached hydrogens (tertiary/aromatic N) is 3. The molecule has 6 aromatic rings. The number of pyridine rings is 1. The van der Waals surface area contributed by atoms with E-state index in [9.17, 15) is 0 Å². The maximum atomic E-state index is 6.94. The number of thioether (sulfide) groups is 1. The van der Waals surface area contributed by atoms with E-state index < -0.39 is 0 Å². The minimum Gasteiger partial charge on any atom is -0.503 e. The van der Waals surface area contributed by atoms with Gasteiger partial charge in [0, 0.05) is 40.1 Å². The van der Waals surface area contributed by atoms with Gasteiger partial charge < -0.3 is 14.6 Å². The molecule has 8 rings (SSSR count). The van der Waals surface area contributed by atoms with Crippen LogP contribution < -0.4 is 9.64 Å². The normalized spacial score (nSPS) is 16.0.